The van der Waals surface area contributed by atoms with E-state index in [1.54, 1.807) is 7.11 Å². The molecule has 518 valence electrons. The summed E-state index contributed by atoms with van der Waals surface area (Å²) >= 11 is 0. The highest BCUT2D eigenvalue weighted by atomic mass is 31.2. The van der Waals surface area contributed by atoms with Crippen LogP contribution in [0.3, 0.4) is 0 Å². The number of ketones is 1. The van der Waals surface area contributed by atoms with E-state index in [9.17, 15) is 48.2 Å². The third-order valence-electron chi connectivity index (χ3n) is 16.6. The van der Waals surface area contributed by atoms with Gasteiger partial charge in [0.1, 0.15) is 48.4 Å². The van der Waals surface area contributed by atoms with E-state index in [1.165, 1.54) is 58.5 Å². The zero-order chi connectivity index (χ0) is 64.7. The molecule has 7 N–H and O–H groups in total. The average molecular weight is 1300 g/mol. The maximum Gasteiger partial charge on any atom is 0.472 e. The van der Waals surface area contributed by atoms with Crippen molar-refractivity contribution in [3.05, 3.63) is 12.2 Å². The number of nitrogens with one attached hydrogen (secondary N) is 2. The summed E-state index contributed by atoms with van der Waals surface area (Å²) < 4.78 is 78.8. The number of phosphoric acid groups is 2. The number of carbonyl (C=O) groups is 3. The average Bonchev–Trinajstić information content (AvgIpc) is 3.35. The molecule has 23 heteroatoms. The molecule has 2 heterocycles. The van der Waals surface area contributed by atoms with Crippen LogP contribution in [0.5, 0.6) is 0 Å². The molecule has 88 heavy (non-hydrogen) atoms. The number of carbonyl (C=O) groups excluding carboxylic acids is 3. The number of aliphatic hydroxyl groups is 1. The summed E-state index contributed by atoms with van der Waals surface area (Å²) in [6, 6.07) is -2.86. The zero-order valence-corrected chi connectivity index (χ0v) is 57.0. The molecule has 2 rings (SSSR count). The summed E-state index contributed by atoms with van der Waals surface area (Å²) in [5.74, 6) is -1.54. The fraction of sp³-hybridized carbons (Fsp3) is 0.923. The fourth-order valence-electron chi connectivity index (χ4n) is 11.5. The van der Waals surface area contributed by atoms with Crippen molar-refractivity contribution in [1.29, 1.82) is 0 Å². The van der Waals surface area contributed by atoms with Crippen LogP contribution in [0.15, 0.2) is 12.2 Å². The molecule has 0 aromatic heterocycles. The molecule has 2 fully saturated rings. The van der Waals surface area contributed by atoms with Gasteiger partial charge in [0.15, 0.2) is 18.9 Å². The largest absolute Gasteiger partial charge is 0.472 e. The number of ether oxygens (including phenoxy) is 7. The van der Waals surface area contributed by atoms with Crippen molar-refractivity contribution in [3.63, 3.8) is 0 Å². The number of hydrogen-bond donors (Lipinski definition) is 7. The van der Waals surface area contributed by atoms with Gasteiger partial charge in [-0.25, -0.2) is 9.13 Å². The van der Waals surface area contributed by atoms with E-state index in [0.717, 1.165) is 161 Å². The SMILES string of the molecule is CCCCCC/C=C\CCCCCCCCCC(=O)N[C@H]1[C@H](OC[C@H]2O[C@H](OP(=O)(O)O)[C@H](NC(=O)CC(=O)CCCCCCCCCCC)[C@@H](OCCCCCCCCCC)[C@@H]2O)O[C@H](OC)[C@@H](OP(=O)(O)O)[C@@H]1OCC[C@@H](CCCCCCC)OC. The first-order chi connectivity index (χ1) is 42.4. The minimum atomic E-state index is -5.39. The lowest BCUT2D eigenvalue weighted by Gasteiger charge is -2.47. The smallest absolute Gasteiger partial charge is 0.388 e. The first-order valence-corrected chi connectivity index (χ1v) is 37.6. The summed E-state index contributed by atoms with van der Waals surface area (Å²) in [7, 11) is -7.84. The zero-order valence-electron chi connectivity index (χ0n) is 55.3. The number of rotatable bonds is 58. The van der Waals surface area contributed by atoms with Crippen LogP contribution >= 0.6 is 15.6 Å². The molecule has 0 unspecified atom stereocenters. The van der Waals surface area contributed by atoms with Gasteiger partial charge in [0.05, 0.1) is 19.1 Å². The minimum absolute atomic E-state index is 0.00824. The number of aliphatic hydroxyl groups excluding tert-OH is 1. The number of hydrogen-bond acceptors (Lipinski definition) is 15. The molecule has 2 saturated heterocycles. The molecule has 2 aliphatic rings. The molecule has 0 aromatic carbocycles. The molecule has 0 spiro atoms. The van der Waals surface area contributed by atoms with Gasteiger partial charge in [-0.1, -0.05) is 220 Å². The summed E-state index contributed by atoms with van der Waals surface area (Å²) in [5, 5.41) is 17.8. The molecule has 0 bridgehead atoms. The Morgan fingerprint density at radius 3 is 1.45 bits per heavy atom. The Bertz CT molecular complexity index is 1880. The predicted molar refractivity (Wildman–Crippen MR) is 342 cm³/mol. The second kappa shape index (κ2) is 51.6. The maximum atomic E-state index is 14.1. The van der Waals surface area contributed by atoms with Crippen LogP contribution in [0.4, 0.5) is 0 Å². The van der Waals surface area contributed by atoms with Crippen molar-refractivity contribution in [2.45, 2.75) is 352 Å². The van der Waals surface area contributed by atoms with Crippen LogP contribution < -0.4 is 10.6 Å². The first-order valence-electron chi connectivity index (χ1n) is 34.5. The second-order valence-electron chi connectivity index (χ2n) is 24.4. The Morgan fingerprint density at radius 2 is 0.932 bits per heavy atom. The summed E-state index contributed by atoms with van der Waals surface area (Å²) in [6.07, 6.45) is 29.0. The topological polar surface area (TPSA) is 294 Å². The van der Waals surface area contributed by atoms with Crippen molar-refractivity contribution in [2.75, 3.05) is 34.0 Å². The third-order valence-corrected chi connectivity index (χ3v) is 17.6. The summed E-state index contributed by atoms with van der Waals surface area (Å²) in [4.78, 5) is 81.8. The van der Waals surface area contributed by atoms with Crippen molar-refractivity contribution < 1.29 is 90.4 Å². The molecule has 11 atom stereocenters. The molecule has 0 saturated carbocycles. The fourth-order valence-corrected chi connectivity index (χ4v) is 12.5. The van der Waals surface area contributed by atoms with Crippen molar-refractivity contribution in [2.24, 2.45) is 0 Å². The summed E-state index contributed by atoms with van der Waals surface area (Å²) in [5.41, 5.74) is 0. The molecular formula is C65H124N2O19P2. The Balaban J connectivity index is 2.42. The van der Waals surface area contributed by atoms with Crippen molar-refractivity contribution >= 4 is 33.2 Å². The van der Waals surface area contributed by atoms with E-state index >= 15 is 0 Å². The number of Topliss-reactive ketones (excluding diaryl/α,β-unsaturated/α-hetero) is 1. The monoisotopic (exact) mass is 1300 g/mol. The van der Waals surface area contributed by atoms with E-state index in [-0.39, 0.29) is 37.9 Å². The number of allylic oxidation sites excluding steroid dienone is 2. The number of unbranched alkanes of at least 4 members (excludes halogenated alkanes) is 30. The van der Waals surface area contributed by atoms with E-state index in [2.05, 4.69) is 50.5 Å². The lowest BCUT2D eigenvalue weighted by molar-refractivity contribution is -0.334. The highest BCUT2D eigenvalue weighted by Crippen LogP contribution is 2.44. The van der Waals surface area contributed by atoms with E-state index in [4.69, 9.17) is 42.2 Å². The van der Waals surface area contributed by atoms with Crippen molar-refractivity contribution in [1.82, 2.24) is 10.6 Å². The van der Waals surface area contributed by atoms with Crippen LogP contribution in [0.1, 0.15) is 285 Å². The molecule has 0 aliphatic carbocycles. The molecule has 21 nitrogen and oxygen atoms in total. The van der Waals surface area contributed by atoms with Gasteiger partial charge in [-0.15, -0.1) is 0 Å². The Kier molecular flexibility index (Phi) is 48.3. The number of methoxy groups -OCH3 is 2. The van der Waals surface area contributed by atoms with Gasteiger partial charge in [0.25, 0.3) is 0 Å². The number of phosphoric ester groups is 2. The lowest BCUT2D eigenvalue weighted by Crippen LogP contribution is -2.67. The number of amides is 2. The van der Waals surface area contributed by atoms with Crippen LogP contribution in [-0.4, -0.2) is 144 Å². The van der Waals surface area contributed by atoms with E-state index in [0.29, 0.717) is 25.7 Å². The van der Waals surface area contributed by atoms with Crippen molar-refractivity contribution in [3.8, 4) is 0 Å². The minimum Gasteiger partial charge on any atom is -0.388 e. The van der Waals surface area contributed by atoms with Gasteiger partial charge < -0.3 is 68.5 Å². The van der Waals surface area contributed by atoms with Gasteiger partial charge >= 0.3 is 15.6 Å². The Morgan fingerprint density at radius 1 is 0.477 bits per heavy atom. The molecular weight excluding hydrogens is 1170 g/mol. The van der Waals surface area contributed by atoms with E-state index < -0.39 is 102 Å². The highest BCUT2D eigenvalue weighted by molar-refractivity contribution is 7.46. The van der Waals surface area contributed by atoms with Crippen LogP contribution in [-0.2, 0) is 65.7 Å². The van der Waals surface area contributed by atoms with Crippen LogP contribution in [0.2, 0.25) is 0 Å². The Labute approximate surface area is 530 Å². The predicted octanol–water partition coefficient (Wildman–Crippen LogP) is 13.6. The van der Waals surface area contributed by atoms with Gasteiger partial charge in [-0.05, 0) is 57.8 Å². The molecule has 2 aliphatic heterocycles. The molecule has 2 amide bonds. The van der Waals surface area contributed by atoms with Gasteiger partial charge in [0, 0.05) is 40.3 Å². The van der Waals surface area contributed by atoms with Crippen LogP contribution in [0, 0.1) is 0 Å². The highest BCUT2D eigenvalue weighted by Gasteiger charge is 2.53. The Hall–Kier alpha value is -1.75. The first kappa shape index (κ1) is 82.3. The molecule has 0 radical (unpaired) electrons. The normalized spacial score (nSPS) is 23.0. The van der Waals surface area contributed by atoms with Gasteiger partial charge in [0.2, 0.25) is 11.8 Å². The lowest BCUT2D eigenvalue weighted by atomic mass is 9.96. The maximum absolute atomic E-state index is 14.1. The molecule has 0 aromatic rings. The van der Waals surface area contributed by atoms with Gasteiger partial charge in [-0.2, -0.15) is 0 Å². The third kappa shape index (κ3) is 39.7. The second-order valence-corrected chi connectivity index (χ2v) is 26.8. The van der Waals surface area contributed by atoms with E-state index in [1.807, 2.05) is 0 Å². The van der Waals surface area contributed by atoms with Gasteiger partial charge in [-0.3, -0.25) is 23.4 Å². The quantitative estimate of drug-likeness (QED) is 0.0129. The summed E-state index contributed by atoms with van der Waals surface area (Å²) in [6.45, 7) is 8.15. The van der Waals surface area contributed by atoms with Crippen LogP contribution in [0.25, 0.3) is 0 Å². The standard InChI is InChI=1S/C65H124N2O19P2/c1-7-11-15-19-22-25-26-27-28-29-30-32-34-38-42-46-55(69)66-58-61(81-49-47-53(78-5)45-41-36-18-14-10-4)62(85-87(72,73)74)65(79-6)84-63(58)82-51-54-59(71)60(80-48-43-39-35-24-21-17-13-9-3)57(64(83-54)86-88(75,76)77)67-56(70)50-52(68)44-40-37-33-31-23-20-16-12-8-2/h25-26,53-54,57-65,71H,7-24,27-51H2,1-6H3,(H,66,69)(H,67,70)(H2,72,73,74)(H2,75,76,77)/b26-25-/t53-,54-,57-,58-,59-,60-,61-,62+,63-,64-,65+/m1/s1.